The zero-order valence-corrected chi connectivity index (χ0v) is 13.6. The molecular formula is C18H27N3. The summed E-state index contributed by atoms with van der Waals surface area (Å²) >= 11 is 0. The second-order valence-corrected chi connectivity index (χ2v) is 6.83. The molecule has 0 aliphatic rings. The first kappa shape index (κ1) is 15.8. The quantitative estimate of drug-likeness (QED) is 0.812. The van der Waals surface area contributed by atoms with E-state index in [2.05, 4.69) is 73.3 Å². The van der Waals surface area contributed by atoms with Crippen molar-refractivity contribution in [2.24, 2.45) is 5.41 Å². The van der Waals surface area contributed by atoms with Crippen LogP contribution in [0.5, 0.6) is 0 Å². The molecule has 0 fully saturated rings. The van der Waals surface area contributed by atoms with Crippen molar-refractivity contribution in [3.05, 3.63) is 54.1 Å². The van der Waals surface area contributed by atoms with Crippen LogP contribution in [-0.4, -0.2) is 9.97 Å². The summed E-state index contributed by atoms with van der Waals surface area (Å²) < 4.78 is 0. The highest BCUT2D eigenvalue weighted by atomic mass is 15.0. The molecule has 3 heteroatoms. The minimum atomic E-state index is 0.257. The predicted octanol–water partition coefficient (Wildman–Crippen LogP) is 4.63. The maximum Gasteiger partial charge on any atom is 0.123 e. The molecule has 2 N–H and O–H groups in total. The monoisotopic (exact) mass is 285 g/mol. The first-order valence-corrected chi connectivity index (χ1v) is 7.80. The smallest absolute Gasteiger partial charge is 0.123 e. The van der Waals surface area contributed by atoms with Crippen molar-refractivity contribution in [1.82, 2.24) is 15.3 Å². The second kappa shape index (κ2) is 6.90. The average molecular weight is 285 g/mol. The molecule has 0 aliphatic heterocycles. The third-order valence-corrected chi connectivity index (χ3v) is 3.68. The Hall–Kier alpha value is -1.61. The van der Waals surface area contributed by atoms with Gasteiger partial charge in [0.15, 0.2) is 0 Å². The highest BCUT2D eigenvalue weighted by Crippen LogP contribution is 2.31. The largest absolute Gasteiger partial charge is 0.347 e. The number of H-pyrrole nitrogens is 1. The van der Waals surface area contributed by atoms with E-state index in [0.29, 0.717) is 6.04 Å². The third-order valence-electron chi connectivity index (χ3n) is 3.68. The third kappa shape index (κ3) is 4.71. The van der Waals surface area contributed by atoms with E-state index in [1.165, 1.54) is 5.56 Å². The molecule has 1 aromatic carbocycles. The van der Waals surface area contributed by atoms with Crippen LogP contribution in [0, 0.1) is 5.41 Å². The topological polar surface area (TPSA) is 40.7 Å². The first-order valence-electron chi connectivity index (χ1n) is 7.80. The van der Waals surface area contributed by atoms with Crippen LogP contribution in [0.15, 0.2) is 42.7 Å². The maximum absolute atomic E-state index is 4.41. The highest BCUT2D eigenvalue weighted by Gasteiger charge is 2.23. The number of hydrogen-bond donors (Lipinski definition) is 2. The molecule has 0 saturated carbocycles. The van der Waals surface area contributed by atoms with Crippen molar-refractivity contribution in [3.8, 4) is 0 Å². The summed E-state index contributed by atoms with van der Waals surface area (Å²) in [6.07, 6.45) is 5.82. The summed E-state index contributed by atoms with van der Waals surface area (Å²) in [5.41, 5.74) is 1.62. The van der Waals surface area contributed by atoms with Gasteiger partial charge in [0.05, 0.1) is 6.04 Å². The molecule has 2 aromatic rings. The van der Waals surface area contributed by atoms with Gasteiger partial charge < -0.3 is 10.3 Å². The van der Waals surface area contributed by atoms with Crippen LogP contribution >= 0.6 is 0 Å². The van der Waals surface area contributed by atoms with Crippen LogP contribution in [0.3, 0.4) is 0 Å². The summed E-state index contributed by atoms with van der Waals surface area (Å²) in [4.78, 5) is 7.65. The summed E-state index contributed by atoms with van der Waals surface area (Å²) in [5.74, 6) is 1.02. The van der Waals surface area contributed by atoms with Gasteiger partial charge >= 0.3 is 0 Å². The summed E-state index contributed by atoms with van der Waals surface area (Å²) in [6, 6.07) is 11.3. The Morgan fingerprint density at radius 3 is 2.38 bits per heavy atom. The standard InChI is InChI=1S/C18H27N3/c1-5-15(17-19-11-12-20-17)21-16(13-18(2,3)4)14-9-7-6-8-10-14/h6-12,15-16,21H,5,13H2,1-4H3,(H,19,20). The van der Waals surface area contributed by atoms with E-state index in [0.717, 1.165) is 18.7 Å². The fourth-order valence-electron chi connectivity index (χ4n) is 2.67. The molecule has 2 atom stereocenters. The molecule has 0 radical (unpaired) electrons. The highest BCUT2D eigenvalue weighted by molar-refractivity contribution is 5.19. The number of nitrogens with one attached hydrogen (secondary N) is 2. The van der Waals surface area contributed by atoms with Gasteiger partial charge in [-0.15, -0.1) is 0 Å². The lowest BCUT2D eigenvalue weighted by atomic mass is 9.85. The van der Waals surface area contributed by atoms with E-state index in [-0.39, 0.29) is 11.5 Å². The average Bonchev–Trinajstić information content (AvgIpc) is 2.97. The number of hydrogen-bond acceptors (Lipinski definition) is 2. The molecule has 0 bridgehead atoms. The molecular weight excluding hydrogens is 258 g/mol. The van der Waals surface area contributed by atoms with E-state index < -0.39 is 0 Å². The SMILES string of the molecule is CCC(NC(CC(C)(C)C)c1ccccc1)c1ncc[nH]1. The van der Waals surface area contributed by atoms with E-state index in [1.54, 1.807) is 0 Å². The maximum atomic E-state index is 4.41. The van der Waals surface area contributed by atoms with Gasteiger partial charge in [0, 0.05) is 18.4 Å². The zero-order chi connectivity index (χ0) is 15.3. The van der Waals surface area contributed by atoms with Gasteiger partial charge in [0.2, 0.25) is 0 Å². The Morgan fingerprint density at radius 1 is 1.14 bits per heavy atom. The lowest BCUT2D eigenvalue weighted by Crippen LogP contribution is -2.30. The van der Waals surface area contributed by atoms with Crippen LogP contribution < -0.4 is 5.32 Å². The van der Waals surface area contributed by atoms with E-state index >= 15 is 0 Å². The lowest BCUT2D eigenvalue weighted by molar-refractivity contribution is 0.288. The fraction of sp³-hybridized carbons (Fsp3) is 0.500. The van der Waals surface area contributed by atoms with Crippen LogP contribution in [0.2, 0.25) is 0 Å². The molecule has 2 unspecified atom stereocenters. The summed E-state index contributed by atoms with van der Waals surface area (Å²) in [7, 11) is 0. The van der Waals surface area contributed by atoms with Gasteiger partial charge in [0.1, 0.15) is 5.82 Å². The Kier molecular flexibility index (Phi) is 5.18. The number of imidazole rings is 1. The Balaban J connectivity index is 2.19. The van der Waals surface area contributed by atoms with Crippen molar-refractivity contribution in [1.29, 1.82) is 0 Å². The number of aromatic nitrogens is 2. The molecule has 1 aromatic heterocycles. The fourth-order valence-corrected chi connectivity index (χ4v) is 2.67. The predicted molar refractivity (Wildman–Crippen MR) is 88.0 cm³/mol. The van der Waals surface area contributed by atoms with Gasteiger partial charge in [-0.25, -0.2) is 4.98 Å². The molecule has 0 aliphatic carbocycles. The van der Waals surface area contributed by atoms with Crippen LogP contribution in [0.25, 0.3) is 0 Å². The van der Waals surface area contributed by atoms with Crippen LogP contribution in [-0.2, 0) is 0 Å². The number of aromatic amines is 1. The molecule has 114 valence electrons. The number of benzene rings is 1. The van der Waals surface area contributed by atoms with Gasteiger partial charge in [-0.05, 0) is 23.8 Å². The minimum Gasteiger partial charge on any atom is -0.347 e. The van der Waals surface area contributed by atoms with Crippen molar-refractivity contribution in [2.45, 2.75) is 52.6 Å². The van der Waals surface area contributed by atoms with Crippen molar-refractivity contribution < 1.29 is 0 Å². The van der Waals surface area contributed by atoms with Gasteiger partial charge in [-0.3, -0.25) is 0 Å². The molecule has 1 heterocycles. The lowest BCUT2D eigenvalue weighted by Gasteiger charge is -2.30. The summed E-state index contributed by atoms with van der Waals surface area (Å²) in [5, 5.41) is 3.79. The molecule has 2 rings (SSSR count). The van der Waals surface area contributed by atoms with Gasteiger partial charge in [0.25, 0.3) is 0 Å². The van der Waals surface area contributed by atoms with Crippen molar-refractivity contribution >= 4 is 0 Å². The second-order valence-electron chi connectivity index (χ2n) is 6.83. The molecule has 0 spiro atoms. The van der Waals surface area contributed by atoms with Crippen LogP contribution in [0.1, 0.15) is 64.0 Å². The van der Waals surface area contributed by atoms with Crippen molar-refractivity contribution in [3.63, 3.8) is 0 Å². The van der Waals surface area contributed by atoms with Crippen LogP contribution in [0.4, 0.5) is 0 Å². The zero-order valence-electron chi connectivity index (χ0n) is 13.6. The molecule has 3 nitrogen and oxygen atoms in total. The van der Waals surface area contributed by atoms with Gasteiger partial charge in [-0.1, -0.05) is 58.0 Å². The van der Waals surface area contributed by atoms with Gasteiger partial charge in [-0.2, -0.15) is 0 Å². The molecule has 0 saturated heterocycles. The van der Waals surface area contributed by atoms with Crippen molar-refractivity contribution in [2.75, 3.05) is 0 Å². The Morgan fingerprint density at radius 2 is 1.86 bits per heavy atom. The molecule has 21 heavy (non-hydrogen) atoms. The number of nitrogens with zero attached hydrogens (tertiary/aromatic N) is 1. The normalized spacial score (nSPS) is 14.9. The molecule has 0 amide bonds. The summed E-state index contributed by atoms with van der Waals surface area (Å²) in [6.45, 7) is 9.06. The Bertz CT molecular complexity index is 511. The number of rotatable bonds is 6. The van der Waals surface area contributed by atoms with E-state index in [1.807, 2.05) is 12.4 Å². The van der Waals surface area contributed by atoms with E-state index in [9.17, 15) is 0 Å². The van der Waals surface area contributed by atoms with E-state index in [4.69, 9.17) is 0 Å². The minimum absolute atomic E-state index is 0.257. The first-order chi connectivity index (χ1) is 9.99. The Labute approximate surface area is 128 Å².